The third kappa shape index (κ3) is 6.82. The highest BCUT2D eigenvalue weighted by atomic mass is 32.2. The highest BCUT2D eigenvalue weighted by molar-refractivity contribution is 7.99. The highest BCUT2D eigenvalue weighted by Gasteiger charge is 2.20. The summed E-state index contributed by atoms with van der Waals surface area (Å²) < 4.78 is 0. The lowest BCUT2D eigenvalue weighted by molar-refractivity contribution is -0.137. The van der Waals surface area contributed by atoms with E-state index in [2.05, 4.69) is 17.6 Å². The Kier molecular flexibility index (Phi) is 7.90. The van der Waals surface area contributed by atoms with Gasteiger partial charge in [0.25, 0.3) is 0 Å². The number of nitrogens with one attached hydrogen (secondary N) is 2. The Bertz CT molecular complexity index is 294. The summed E-state index contributed by atoms with van der Waals surface area (Å²) in [5.41, 5.74) is 0. The average Bonchev–Trinajstić information content (AvgIpc) is 2.43. The Labute approximate surface area is 118 Å². The molecular weight excluding hydrogens is 264 g/mol. The molecule has 1 aliphatic rings. The number of carboxylic acids is 1. The summed E-state index contributed by atoms with van der Waals surface area (Å²) in [5, 5.41) is 14.8. The Balaban J connectivity index is 2.16. The van der Waals surface area contributed by atoms with Crippen LogP contribution in [0.1, 0.15) is 32.6 Å². The molecular formula is C13H24N2O3S. The summed E-state index contributed by atoms with van der Waals surface area (Å²) in [6.45, 7) is 3.59. The van der Waals surface area contributed by atoms with Crippen LogP contribution in [0.25, 0.3) is 0 Å². The van der Waals surface area contributed by atoms with Crippen LogP contribution >= 0.6 is 11.8 Å². The molecule has 1 aliphatic heterocycles. The Hall–Kier alpha value is -0.750. The summed E-state index contributed by atoms with van der Waals surface area (Å²) in [7, 11) is 0. The number of hydrogen-bond acceptors (Lipinski definition) is 4. The van der Waals surface area contributed by atoms with Crippen molar-refractivity contribution in [1.29, 1.82) is 0 Å². The molecule has 0 saturated carbocycles. The molecule has 0 aromatic carbocycles. The molecule has 1 saturated heterocycles. The smallest absolute Gasteiger partial charge is 0.303 e. The van der Waals surface area contributed by atoms with Gasteiger partial charge < -0.3 is 15.7 Å². The second-order valence-electron chi connectivity index (χ2n) is 4.87. The predicted molar refractivity (Wildman–Crippen MR) is 77.4 cm³/mol. The van der Waals surface area contributed by atoms with Crippen LogP contribution in [0.2, 0.25) is 0 Å². The van der Waals surface area contributed by atoms with Crippen LogP contribution < -0.4 is 10.6 Å². The van der Waals surface area contributed by atoms with Gasteiger partial charge in [-0.2, -0.15) is 11.8 Å². The standard InChI is InChI=1S/C13H24N2O3S/c1-2-10(3-4-12(16)17)5-6-15-13(18)11-9-19-8-7-14-11/h10-11,14H,2-9H2,1H3,(H,15,18)(H,16,17). The number of carbonyl (C=O) groups excluding carboxylic acids is 1. The number of aliphatic carboxylic acids is 1. The third-order valence-electron chi connectivity index (χ3n) is 3.43. The minimum absolute atomic E-state index is 0.0697. The summed E-state index contributed by atoms with van der Waals surface area (Å²) in [4.78, 5) is 22.4. The number of amides is 1. The molecule has 0 bridgehead atoms. The van der Waals surface area contributed by atoms with E-state index < -0.39 is 5.97 Å². The molecule has 2 atom stereocenters. The second kappa shape index (κ2) is 9.20. The van der Waals surface area contributed by atoms with Crippen molar-refractivity contribution < 1.29 is 14.7 Å². The SMILES string of the molecule is CCC(CCNC(=O)C1CSCCN1)CCC(=O)O. The Morgan fingerprint density at radius 2 is 2.26 bits per heavy atom. The predicted octanol–water partition coefficient (Wildman–Crippen LogP) is 1.09. The van der Waals surface area contributed by atoms with E-state index in [0.717, 1.165) is 30.9 Å². The average molecular weight is 288 g/mol. The van der Waals surface area contributed by atoms with Gasteiger partial charge in [0.2, 0.25) is 5.91 Å². The van der Waals surface area contributed by atoms with E-state index in [0.29, 0.717) is 18.9 Å². The van der Waals surface area contributed by atoms with Gasteiger partial charge in [-0.25, -0.2) is 0 Å². The lowest BCUT2D eigenvalue weighted by Crippen LogP contribution is -2.49. The van der Waals surface area contributed by atoms with Crippen molar-refractivity contribution in [2.24, 2.45) is 5.92 Å². The van der Waals surface area contributed by atoms with Gasteiger partial charge in [-0.15, -0.1) is 0 Å². The van der Waals surface area contributed by atoms with E-state index in [9.17, 15) is 9.59 Å². The molecule has 2 unspecified atom stereocenters. The molecule has 0 radical (unpaired) electrons. The largest absolute Gasteiger partial charge is 0.481 e. The van der Waals surface area contributed by atoms with Crippen LogP contribution in [0.5, 0.6) is 0 Å². The number of rotatable bonds is 8. The topological polar surface area (TPSA) is 78.4 Å². The molecule has 110 valence electrons. The van der Waals surface area contributed by atoms with Gasteiger partial charge in [-0.3, -0.25) is 9.59 Å². The first-order valence-electron chi connectivity index (χ1n) is 6.94. The van der Waals surface area contributed by atoms with Crippen molar-refractivity contribution in [3.63, 3.8) is 0 Å². The molecule has 1 rings (SSSR count). The molecule has 1 amide bonds. The van der Waals surface area contributed by atoms with Crippen molar-refractivity contribution >= 4 is 23.6 Å². The number of hydrogen-bond donors (Lipinski definition) is 3. The fourth-order valence-electron chi connectivity index (χ4n) is 2.14. The Morgan fingerprint density at radius 3 is 2.84 bits per heavy atom. The molecule has 1 heterocycles. The maximum atomic E-state index is 11.9. The third-order valence-corrected chi connectivity index (χ3v) is 4.50. The maximum absolute atomic E-state index is 11.9. The Morgan fingerprint density at radius 1 is 1.47 bits per heavy atom. The summed E-state index contributed by atoms with van der Waals surface area (Å²) in [6.07, 6.45) is 2.72. The van der Waals surface area contributed by atoms with Crippen molar-refractivity contribution in [1.82, 2.24) is 10.6 Å². The molecule has 1 fully saturated rings. The highest BCUT2D eigenvalue weighted by Crippen LogP contribution is 2.14. The first-order valence-corrected chi connectivity index (χ1v) is 8.09. The van der Waals surface area contributed by atoms with Gasteiger partial charge in [-0.1, -0.05) is 13.3 Å². The van der Waals surface area contributed by atoms with Crippen LogP contribution in [0.3, 0.4) is 0 Å². The lowest BCUT2D eigenvalue weighted by Gasteiger charge is -2.22. The van der Waals surface area contributed by atoms with E-state index in [1.54, 1.807) is 11.8 Å². The van der Waals surface area contributed by atoms with Crippen molar-refractivity contribution in [2.45, 2.75) is 38.6 Å². The quantitative estimate of drug-likeness (QED) is 0.623. The van der Waals surface area contributed by atoms with Gasteiger partial charge >= 0.3 is 5.97 Å². The van der Waals surface area contributed by atoms with Crippen molar-refractivity contribution in [3.05, 3.63) is 0 Å². The number of carbonyl (C=O) groups is 2. The van der Waals surface area contributed by atoms with Gasteiger partial charge in [0, 0.05) is 31.0 Å². The van der Waals surface area contributed by atoms with E-state index >= 15 is 0 Å². The van der Waals surface area contributed by atoms with Crippen LogP contribution in [-0.4, -0.2) is 47.6 Å². The van der Waals surface area contributed by atoms with E-state index in [1.807, 2.05) is 0 Å². The normalized spacial score (nSPS) is 20.8. The van der Waals surface area contributed by atoms with Gasteiger partial charge in [0.1, 0.15) is 0 Å². The van der Waals surface area contributed by atoms with Gasteiger partial charge in [0.15, 0.2) is 0 Å². The maximum Gasteiger partial charge on any atom is 0.303 e. The first kappa shape index (κ1) is 16.3. The van der Waals surface area contributed by atoms with Crippen LogP contribution in [-0.2, 0) is 9.59 Å². The van der Waals surface area contributed by atoms with Crippen LogP contribution in [0.15, 0.2) is 0 Å². The lowest BCUT2D eigenvalue weighted by atomic mass is 9.96. The number of thioether (sulfide) groups is 1. The molecule has 5 nitrogen and oxygen atoms in total. The molecule has 0 aromatic rings. The molecule has 3 N–H and O–H groups in total. The summed E-state index contributed by atoms with van der Waals surface area (Å²) >= 11 is 1.80. The second-order valence-corrected chi connectivity index (χ2v) is 6.02. The number of carboxylic acid groups (broad SMARTS) is 1. The molecule has 0 aromatic heterocycles. The van der Waals surface area contributed by atoms with E-state index in [1.165, 1.54) is 0 Å². The molecule has 6 heteroatoms. The molecule has 19 heavy (non-hydrogen) atoms. The van der Waals surface area contributed by atoms with E-state index in [4.69, 9.17) is 5.11 Å². The molecule has 0 spiro atoms. The fraction of sp³-hybridized carbons (Fsp3) is 0.846. The van der Waals surface area contributed by atoms with Gasteiger partial charge in [0.05, 0.1) is 6.04 Å². The summed E-state index contributed by atoms with van der Waals surface area (Å²) in [6, 6.07) is -0.0714. The van der Waals surface area contributed by atoms with Crippen molar-refractivity contribution in [3.8, 4) is 0 Å². The van der Waals surface area contributed by atoms with Crippen molar-refractivity contribution in [2.75, 3.05) is 24.6 Å². The zero-order chi connectivity index (χ0) is 14.1. The minimum Gasteiger partial charge on any atom is -0.481 e. The van der Waals surface area contributed by atoms with E-state index in [-0.39, 0.29) is 18.4 Å². The summed E-state index contributed by atoms with van der Waals surface area (Å²) in [5.74, 6) is 1.61. The van der Waals surface area contributed by atoms with Crippen LogP contribution in [0.4, 0.5) is 0 Å². The fourth-order valence-corrected chi connectivity index (χ4v) is 3.07. The van der Waals surface area contributed by atoms with Gasteiger partial charge in [-0.05, 0) is 18.8 Å². The monoisotopic (exact) mass is 288 g/mol. The first-order chi connectivity index (χ1) is 9.13. The molecule has 0 aliphatic carbocycles. The zero-order valence-electron chi connectivity index (χ0n) is 11.5. The minimum atomic E-state index is -0.745. The zero-order valence-corrected chi connectivity index (χ0v) is 12.3. The van der Waals surface area contributed by atoms with Crippen LogP contribution in [0, 0.1) is 5.92 Å².